The average molecular weight is 312 g/mol. The maximum Gasteiger partial charge on any atom is 0.210 e. The monoisotopic (exact) mass is 312 g/mol. The van der Waals surface area contributed by atoms with E-state index in [1.165, 1.54) is 25.7 Å². The van der Waals surface area contributed by atoms with E-state index < -0.39 is 0 Å². The van der Waals surface area contributed by atoms with Gasteiger partial charge in [0.25, 0.3) is 0 Å². The van der Waals surface area contributed by atoms with Gasteiger partial charge in [-0.05, 0) is 23.3 Å². The summed E-state index contributed by atoms with van der Waals surface area (Å²) < 4.78 is 19.0. The van der Waals surface area contributed by atoms with E-state index >= 15 is 0 Å². The van der Waals surface area contributed by atoms with Crippen LogP contribution in [0.4, 0.5) is 0 Å². The van der Waals surface area contributed by atoms with Crippen LogP contribution in [0.3, 0.4) is 0 Å². The quantitative estimate of drug-likeness (QED) is 0.823. The summed E-state index contributed by atoms with van der Waals surface area (Å²) in [6.07, 6.45) is 5.14. The summed E-state index contributed by atoms with van der Waals surface area (Å²) in [4.78, 5) is 0. The van der Waals surface area contributed by atoms with E-state index in [0.717, 1.165) is 5.16 Å². The molecule has 21 heavy (non-hydrogen) atoms. The van der Waals surface area contributed by atoms with Crippen molar-refractivity contribution in [3.8, 4) is 0 Å². The standard InChI is InChI=1S/C13H20N4O3S/c1-18-10-7-20-11-9(6-19-12(10)11)17-13(14-15-16-17)21-8-4-2-3-5-8/h8-12H,2-7H2,1H3/t9-,10+,11+,12+/m0/s1. The summed E-state index contributed by atoms with van der Waals surface area (Å²) in [6.45, 7) is 1.16. The minimum absolute atomic E-state index is 0.00599. The van der Waals surface area contributed by atoms with Gasteiger partial charge in [-0.25, -0.2) is 4.68 Å². The number of rotatable bonds is 4. The van der Waals surface area contributed by atoms with Crippen molar-refractivity contribution in [3.63, 3.8) is 0 Å². The van der Waals surface area contributed by atoms with Crippen LogP contribution < -0.4 is 0 Å². The third kappa shape index (κ3) is 2.48. The molecular formula is C13H20N4O3S. The van der Waals surface area contributed by atoms with Crippen molar-refractivity contribution in [2.75, 3.05) is 20.3 Å². The first-order valence-electron chi connectivity index (χ1n) is 7.57. The smallest absolute Gasteiger partial charge is 0.210 e. The topological polar surface area (TPSA) is 71.3 Å². The van der Waals surface area contributed by atoms with Crippen molar-refractivity contribution in [3.05, 3.63) is 0 Å². The number of hydrogen-bond acceptors (Lipinski definition) is 7. The Hall–Kier alpha value is -0.700. The second-order valence-corrected chi connectivity index (χ2v) is 7.14. The van der Waals surface area contributed by atoms with Gasteiger partial charge in [-0.2, -0.15) is 0 Å². The summed E-state index contributed by atoms with van der Waals surface area (Å²) in [5, 5.41) is 13.8. The van der Waals surface area contributed by atoms with E-state index in [1.807, 2.05) is 4.68 Å². The van der Waals surface area contributed by atoms with E-state index in [0.29, 0.717) is 18.5 Å². The van der Waals surface area contributed by atoms with Crippen molar-refractivity contribution in [2.45, 2.75) is 60.4 Å². The highest BCUT2D eigenvalue weighted by Crippen LogP contribution is 2.38. The lowest BCUT2D eigenvalue weighted by atomic mass is 10.1. The molecule has 0 radical (unpaired) electrons. The van der Waals surface area contributed by atoms with Crippen LogP contribution in [0.5, 0.6) is 0 Å². The van der Waals surface area contributed by atoms with E-state index in [1.54, 1.807) is 18.9 Å². The Morgan fingerprint density at radius 2 is 2.00 bits per heavy atom. The molecule has 8 heteroatoms. The molecule has 4 rings (SSSR count). The summed E-state index contributed by atoms with van der Waals surface area (Å²) in [5.41, 5.74) is 0. The molecule has 3 fully saturated rings. The predicted molar refractivity (Wildman–Crippen MR) is 75.2 cm³/mol. The van der Waals surface area contributed by atoms with Gasteiger partial charge >= 0.3 is 0 Å². The second kappa shape index (κ2) is 5.83. The van der Waals surface area contributed by atoms with Gasteiger partial charge in [0.15, 0.2) is 0 Å². The number of tetrazole rings is 1. The molecule has 7 nitrogen and oxygen atoms in total. The Kier molecular flexibility index (Phi) is 3.87. The molecule has 3 heterocycles. The van der Waals surface area contributed by atoms with Crippen molar-refractivity contribution in [1.82, 2.24) is 20.2 Å². The van der Waals surface area contributed by atoms with Crippen molar-refractivity contribution in [1.29, 1.82) is 0 Å². The van der Waals surface area contributed by atoms with E-state index in [9.17, 15) is 0 Å². The first-order chi connectivity index (χ1) is 10.4. The number of methoxy groups -OCH3 is 1. The molecule has 2 saturated heterocycles. The number of fused-ring (bicyclic) bond motifs is 1. The fourth-order valence-corrected chi connectivity index (χ4v) is 4.71. The fourth-order valence-electron chi connectivity index (χ4n) is 3.48. The van der Waals surface area contributed by atoms with E-state index in [4.69, 9.17) is 14.2 Å². The molecule has 1 aliphatic carbocycles. The molecule has 0 aromatic carbocycles. The third-order valence-electron chi connectivity index (χ3n) is 4.64. The second-order valence-electron chi connectivity index (χ2n) is 5.87. The zero-order valence-electron chi connectivity index (χ0n) is 12.1. The van der Waals surface area contributed by atoms with Crippen molar-refractivity contribution >= 4 is 11.8 Å². The van der Waals surface area contributed by atoms with Crippen LogP contribution in [0.1, 0.15) is 31.7 Å². The minimum atomic E-state index is -0.0126. The Balaban J connectivity index is 1.50. The van der Waals surface area contributed by atoms with E-state index in [2.05, 4.69) is 15.5 Å². The van der Waals surface area contributed by atoms with Gasteiger partial charge in [-0.1, -0.05) is 24.6 Å². The van der Waals surface area contributed by atoms with E-state index in [-0.39, 0.29) is 24.4 Å². The van der Waals surface area contributed by atoms with Gasteiger partial charge in [-0.3, -0.25) is 0 Å². The highest BCUT2D eigenvalue weighted by atomic mass is 32.2. The Morgan fingerprint density at radius 3 is 2.81 bits per heavy atom. The minimum Gasteiger partial charge on any atom is -0.376 e. The molecule has 0 spiro atoms. The van der Waals surface area contributed by atoms with Crippen LogP contribution in [-0.4, -0.2) is 64.1 Å². The molecule has 0 bridgehead atoms. The molecular weight excluding hydrogens is 292 g/mol. The fraction of sp³-hybridized carbons (Fsp3) is 0.923. The van der Waals surface area contributed by atoms with Crippen LogP contribution in [0.25, 0.3) is 0 Å². The van der Waals surface area contributed by atoms with Crippen molar-refractivity contribution < 1.29 is 14.2 Å². The van der Waals surface area contributed by atoms with Gasteiger partial charge in [-0.15, -0.1) is 5.10 Å². The summed E-state index contributed by atoms with van der Waals surface area (Å²) >= 11 is 1.80. The molecule has 0 unspecified atom stereocenters. The molecule has 1 saturated carbocycles. The lowest BCUT2D eigenvalue weighted by Crippen LogP contribution is -2.31. The predicted octanol–water partition coefficient (Wildman–Crippen LogP) is 1.06. The number of aromatic nitrogens is 4. The van der Waals surface area contributed by atoms with Gasteiger partial charge in [0, 0.05) is 12.4 Å². The van der Waals surface area contributed by atoms with Gasteiger partial charge < -0.3 is 14.2 Å². The zero-order valence-corrected chi connectivity index (χ0v) is 12.9. The lowest BCUT2D eigenvalue weighted by Gasteiger charge is -2.17. The maximum atomic E-state index is 5.87. The molecule has 3 aliphatic rings. The zero-order chi connectivity index (χ0) is 14.2. The van der Waals surface area contributed by atoms with Crippen LogP contribution in [0, 0.1) is 0 Å². The maximum absolute atomic E-state index is 5.87. The number of thioether (sulfide) groups is 1. The van der Waals surface area contributed by atoms with Crippen LogP contribution >= 0.6 is 11.8 Å². The molecule has 0 N–H and O–H groups in total. The summed E-state index contributed by atoms with van der Waals surface area (Å²) in [6, 6.07) is 0.0500. The van der Waals surface area contributed by atoms with Crippen LogP contribution in [0.15, 0.2) is 5.16 Å². The third-order valence-corrected chi connectivity index (χ3v) is 5.92. The lowest BCUT2D eigenvalue weighted by molar-refractivity contribution is -0.00928. The average Bonchev–Trinajstić information content (AvgIpc) is 3.23. The molecule has 0 amide bonds. The number of hydrogen-bond donors (Lipinski definition) is 0. The van der Waals surface area contributed by atoms with Gasteiger partial charge in [0.05, 0.1) is 13.2 Å². The Bertz CT molecular complexity index is 494. The SMILES string of the molecule is CO[C@@H]1CO[C@H]2[C@@H]1OC[C@@H]2n1nnnc1SC1CCCC1. The molecule has 2 aliphatic heterocycles. The summed E-state index contributed by atoms with van der Waals surface area (Å²) in [5.74, 6) is 0. The Labute approximate surface area is 127 Å². The molecule has 1 aromatic rings. The molecule has 1 aromatic heterocycles. The van der Waals surface area contributed by atoms with Crippen LogP contribution in [0.2, 0.25) is 0 Å². The first-order valence-corrected chi connectivity index (χ1v) is 8.45. The summed E-state index contributed by atoms with van der Waals surface area (Å²) in [7, 11) is 1.70. The number of ether oxygens (including phenoxy) is 3. The van der Waals surface area contributed by atoms with Gasteiger partial charge in [0.2, 0.25) is 5.16 Å². The Morgan fingerprint density at radius 1 is 1.19 bits per heavy atom. The van der Waals surface area contributed by atoms with Gasteiger partial charge in [0.1, 0.15) is 24.4 Å². The highest BCUT2D eigenvalue weighted by molar-refractivity contribution is 7.99. The van der Waals surface area contributed by atoms with Crippen molar-refractivity contribution in [2.24, 2.45) is 0 Å². The number of nitrogens with zero attached hydrogens (tertiary/aromatic N) is 4. The molecule has 4 atom stereocenters. The largest absolute Gasteiger partial charge is 0.376 e. The normalized spacial score (nSPS) is 36.4. The van der Waals surface area contributed by atoms with Crippen LogP contribution in [-0.2, 0) is 14.2 Å². The molecule has 116 valence electrons. The highest BCUT2D eigenvalue weighted by Gasteiger charge is 2.49. The first kappa shape index (κ1) is 13.9.